The van der Waals surface area contributed by atoms with Gasteiger partial charge in [0.2, 0.25) is 0 Å². The SMILES string of the molecule is c1ccc(-n2ccc3cc4c(cc32)c2cc(N(c3ccc(-c5cccnc5)cc3)c3ccc(-c5cccnc5)cc3)ccc2n4-c2ccccc2)cc1. The van der Waals surface area contributed by atoms with E-state index in [9.17, 15) is 0 Å². The second kappa shape index (κ2) is 12.8. The predicted molar refractivity (Wildman–Crippen MR) is 219 cm³/mol. The van der Waals surface area contributed by atoms with Crippen LogP contribution in [0.2, 0.25) is 0 Å². The highest BCUT2D eigenvalue weighted by molar-refractivity contribution is 6.14. The minimum Gasteiger partial charge on any atom is -0.317 e. The maximum absolute atomic E-state index is 4.34. The molecule has 0 saturated carbocycles. The Balaban J connectivity index is 1.18. The van der Waals surface area contributed by atoms with E-state index in [0.29, 0.717) is 0 Å². The van der Waals surface area contributed by atoms with Crippen LogP contribution in [0.1, 0.15) is 0 Å². The normalized spacial score (nSPS) is 11.4. The zero-order valence-electron chi connectivity index (χ0n) is 28.8. The van der Waals surface area contributed by atoms with Gasteiger partial charge in [0.15, 0.2) is 0 Å². The largest absolute Gasteiger partial charge is 0.317 e. The lowest BCUT2D eigenvalue weighted by Gasteiger charge is -2.26. The first kappa shape index (κ1) is 30.6. The predicted octanol–water partition coefficient (Wildman–Crippen LogP) is 12.3. The average molecular weight is 680 g/mol. The lowest BCUT2D eigenvalue weighted by molar-refractivity contribution is 1.13. The monoisotopic (exact) mass is 679 g/mol. The van der Waals surface area contributed by atoms with Gasteiger partial charge in [-0.1, -0.05) is 72.8 Å². The molecule has 0 aliphatic rings. The molecule has 4 heterocycles. The Morgan fingerprint density at radius 1 is 0.396 bits per heavy atom. The molecule has 0 amide bonds. The molecule has 0 fully saturated rings. The van der Waals surface area contributed by atoms with Crippen LogP contribution in [0.3, 0.4) is 0 Å². The maximum atomic E-state index is 4.34. The van der Waals surface area contributed by atoms with Gasteiger partial charge in [-0.2, -0.15) is 0 Å². The summed E-state index contributed by atoms with van der Waals surface area (Å²) in [7, 11) is 0. The second-order valence-corrected chi connectivity index (χ2v) is 13.2. The van der Waals surface area contributed by atoms with Crippen LogP contribution in [0.25, 0.3) is 66.3 Å². The Kier molecular flexibility index (Phi) is 7.40. The van der Waals surface area contributed by atoms with Crippen LogP contribution in [0.15, 0.2) is 201 Å². The van der Waals surface area contributed by atoms with Crippen molar-refractivity contribution in [3.8, 4) is 33.6 Å². The van der Waals surface area contributed by atoms with E-state index in [1.165, 1.54) is 27.2 Å². The third-order valence-electron chi connectivity index (χ3n) is 10.1. The van der Waals surface area contributed by atoms with Crippen molar-refractivity contribution in [2.45, 2.75) is 0 Å². The van der Waals surface area contributed by atoms with Crippen LogP contribution in [-0.4, -0.2) is 19.1 Å². The number of nitrogens with zero attached hydrogens (tertiary/aromatic N) is 5. The van der Waals surface area contributed by atoms with Gasteiger partial charge in [0, 0.05) is 75.6 Å². The van der Waals surface area contributed by atoms with Crippen LogP contribution >= 0.6 is 0 Å². The number of fused-ring (bicyclic) bond motifs is 4. The third kappa shape index (κ3) is 5.43. The van der Waals surface area contributed by atoms with E-state index < -0.39 is 0 Å². The quantitative estimate of drug-likeness (QED) is 0.168. The van der Waals surface area contributed by atoms with Crippen molar-refractivity contribution < 1.29 is 0 Å². The van der Waals surface area contributed by atoms with E-state index in [0.717, 1.165) is 56.2 Å². The van der Waals surface area contributed by atoms with E-state index >= 15 is 0 Å². The number of hydrogen-bond donors (Lipinski definition) is 0. The number of pyridine rings is 2. The van der Waals surface area contributed by atoms with Gasteiger partial charge < -0.3 is 14.0 Å². The van der Waals surface area contributed by atoms with Crippen LogP contribution in [0, 0.1) is 0 Å². The molecular formula is C48H33N5. The zero-order valence-corrected chi connectivity index (χ0v) is 28.8. The van der Waals surface area contributed by atoms with Crippen LogP contribution in [0.5, 0.6) is 0 Å². The van der Waals surface area contributed by atoms with Gasteiger partial charge in [-0.3, -0.25) is 9.97 Å². The summed E-state index contributed by atoms with van der Waals surface area (Å²) in [6.45, 7) is 0. The summed E-state index contributed by atoms with van der Waals surface area (Å²) in [6, 6.07) is 60.7. The van der Waals surface area contributed by atoms with E-state index in [2.05, 4.69) is 188 Å². The van der Waals surface area contributed by atoms with Crippen molar-refractivity contribution in [3.63, 3.8) is 0 Å². The third-order valence-corrected chi connectivity index (χ3v) is 10.1. The fraction of sp³-hybridized carbons (Fsp3) is 0. The van der Waals surface area contributed by atoms with Gasteiger partial charge in [-0.05, 0) is 119 Å². The zero-order chi connectivity index (χ0) is 35.1. The molecule has 5 heteroatoms. The molecule has 0 bridgehead atoms. The van der Waals surface area contributed by atoms with E-state index in [4.69, 9.17) is 0 Å². The lowest BCUT2D eigenvalue weighted by Crippen LogP contribution is -2.10. The van der Waals surface area contributed by atoms with Gasteiger partial charge in [0.05, 0.1) is 16.6 Å². The summed E-state index contributed by atoms with van der Waals surface area (Å²) >= 11 is 0. The topological polar surface area (TPSA) is 38.9 Å². The summed E-state index contributed by atoms with van der Waals surface area (Å²) in [4.78, 5) is 11.0. The minimum absolute atomic E-state index is 1.07. The molecular weight excluding hydrogens is 647 g/mol. The van der Waals surface area contributed by atoms with E-state index in [1.54, 1.807) is 0 Å². The highest BCUT2D eigenvalue weighted by Crippen LogP contribution is 2.42. The summed E-state index contributed by atoms with van der Waals surface area (Å²) in [5.41, 5.74) is 13.4. The van der Waals surface area contributed by atoms with Crippen LogP contribution in [0.4, 0.5) is 17.1 Å². The van der Waals surface area contributed by atoms with Gasteiger partial charge in [-0.25, -0.2) is 0 Å². The summed E-state index contributed by atoms with van der Waals surface area (Å²) in [6.07, 6.45) is 9.61. The Hall–Kier alpha value is -7.24. The van der Waals surface area contributed by atoms with Crippen molar-refractivity contribution in [2.24, 2.45) is 0 Å². The molecule has 5 nitrogen and oxygen atoms in total. The first-order chi connectivity index (χ1) is 26.3. The molecule has 0 N–H and O–H groups in total. The molecule has 0 aliphatic heterocycles. The molecule has 0 atom stereocenters. The smallest absolute Gasteiger partial charge is 0.0548 e. The molecule has 10 rings (SSSR count). The van der Waals surface area contributed by atoms with Crippen molar-refractivity contribution in [1.82, 2.24) is 19.1 Å². The number of para-hydroxylation sites is 2. The van der Waals surface area contributed by atoms with Gasteiger partial charge in [0.25, 0.3) is 0 Å². The number of benzene rings is 6. The molecule has 0 aliphatic carbocycles. The Morgan fingerprint density at radius 2 is 0.962 bits per heavy atom. The second-order valence-electron chi connectivity index (χ2n) is 13.2. The van der Waals surface area contributed by atoms with Crippen LogP contribution < -0.4 is 4.90 Å². The first-order valence-corrected chi connectivity index (χ1v) is 17.8. The van der Waals surface area contributed by atoms with E-state index in [-0.39, 0.29) is 0 Å². The number of aromatic nitrogens is 4. The molecule has 0 radical (unpaired) electrons. The molecule has 0 saturated heterocycles. The molecule has 250 valence electrons. The standard InChI is InChI=1S/C48H33N5/c1-3-11-39(12-4-1)51-28-25-36-29-48-45(31-47(36)51)44-30-43(23-24-46(44)53(48)40-13-5-2-6-14-40)52(41-19-15-34(16-20-41)37-9-7-26-49-32-37)42-21-17-35(18-22-42)38-10-8-27-50-33-38/h1-33H. The molecule has 4 aromatic heterocycles. The molecule has 0 unspecified atom stereocenters. The van der Waals surface area contributed by atoms with Crippen molar-refractivity contribution >= 4 is 49.8 Å². The number of hydrogen-bond acceptors (Lipinski definition) is 3. The van der Waals surface area contributed by atoms with Gasteiger partial charge >= 0.3 is 0 Å². The molecule has 0 spiro atoms. The Bertz CT molecular complexity index is 2760. The fourth-order valence-electron chi connectivity index (χ4n) is 7.56. The molecule has 10 aromatic rings. The average Bonchev–Trinajstić information content (AvgIpc) is 3.80. The summed E-state index contributed by atoms with van der Waals surface area (Å²) in [5, 5.41) is 3.59. The van der Waals surface area contributed by atoms with Crippen molar-refractivity contribution in [2.75, 3.05) is 4.90 Å². The van der Waals surface area contributed by atoms with Gasteiger partial charge in [0.1, 0.15) is 0 Å². The lowest BCUT2D eigenvalue weighted by atomic mass is 10.0. The Labute approximate surface area is 307 Å². The summed E-state index contributed by atoms with van der Waals surface area (Å²) < 4.78 is 4.67. The molecule has 53 heavy (non-hydrogen) atoms. The highest BCUT2D eigenvalue weighted by atomic mass is 15.1. The van der Waals surface area contributed by atoms with Crippen LogP contribution in [-0.2, 0) is 0 Å². The van der Waals surface area contributed by atoms with Crippen molar-refractivity contribution in [1.29, 1.82) is 0 Å². The van der Waals surface area contributed by atoms with Crippen molar-refractivity contribution in [3.05, 3.63) is 201 Å². The summed E-state index contributed by atoms with van der Waals surface area (Å²) in [5.74, 6) is 0. The van der Waals surface area contributed by atoms with E-state index in [1.807, 2.05) is 36.9 Å². The highest BCUT2D eigenvalue weighted by Gasteiger charge is 2.19. The maximum Gasteiger partial charge on any atom is 0.0548 e. The minimum atomic E-state index is 1.07. The number of rotatable bonds is 7. The molecule has 6 aromatic carbocycles. The fourth-order valence-corrected chi connectivity index (χ4v) is 7.56. The Morgan fingerprint density at radius 3 is 1.55 bits per heavy atom. The van der Waals surface area contributed by atoms with Gasteiger partial charge in [-0.15, -0.1) is 0 Å². The number of anilines is 3. The first-order valence-electron chi connectivity index (χ1n) is 17.8.